The van der Waals surface area contributed by atoms with Gasteiger partial charge in [0.1, 0.15) is 11.4 Å². The molecule has 0 bridgehead atoms. The second-order valence-electron chi connectivity index (χ2n) is 11.1. The molecule has 7 rings (SSSR count). The summed E-state index contributed by atoms with van der Waals surface area (Å²) in [4.78, 5) is 59.7. The van der Waals surface area contributed by atoms with Gasteiger partial charge in [-0.1, -0.05) is 50.2 Å². The van der Waals surface area contributed by atoms with Crippen LogP contribution in [0.3, 0.4) is 0 Å². The molecule has 4 atom stereocenters. The summed E-state index contributed by atoms with van der Waals surface area (Å²) in [6, 6.07) is 18.2. The number of nitro benzene ring substituents is 1. The van der Waals surface area contributed by atoms with E-state index in [-0.39, 0.29) is 22.9 Å². The number of benzene rings is 3. The van der Waals surface area contributed by atoms with E-state index in [1.54, 1.807) is 41.8 Å². The highest BCUT2D eigenvalue weighted by molar-refractivity contribution is 6.23. The number of nitro groups is 1. The number of carbonyl (C=O) groups is 2. The lowest BCUT2D eigenvalue weighted by molar-refractivity contribution is -0.384. The molecule has 4 heterocycles. The van der Waals surface area contributed by atoms with Crippen LogP contribution in [0.5, 0.6) is 0 Å². The monoisotopic (exact) mass is 535 g/mol. The number of para-hydroxylation sites is 2. The topological polar surface area (TPSA) is 127 Å². The summed E-state index contributed by atoms with van der Waals surface area (Å²) in [5.41, 5.74) is 0.876. The molecule has 3 aliphatic heterocycles. The van der Waals surface area contributed by atoms with Gasteiger partial charge >= 0.3 is 0 Å². The van der Waals surface area contributed by atoms with Crippen LogP contribution in [0.25, 0.3) is 16.6 Å². The molecule has 2 fully saturated rings. The third-order valence-electron chi connectivity index (χ3n) is 8.66. The highest BCUT2D eigenvalue weighted by atomic mass is 16.6. The van der Waals surface area contributed by atoms with Gasteiger partial charge in [0.2, 0.25) is 11.8 Å². The number of hydrogen-bond donors (Lipinski definition) is 1. The lowest BCUT2D eigenvalue weighted by atomic mass is 9.75. The molecule has 2 saturated heterocycles. The maximum atomic E-state index is 14.5. The van der Waals surface area contributed by atoms with Crippen molar-refractivity contribution in [1.29, 1.82) is 0 Å². The van der Waals surface area contributed by atoms with Crippen LogP contribution in [0.2, 0.25) is 0 Å². The Kier molecular flexibility index (Phi) is 4.96. The average Bonchev–Trinajstić information content (AvgIpc) is 3.53. The van der Waals surface area contributed by atoms with E-state index in [0.717, 1.165) is 4.90 Å². The third kappa shape index (κ3) is 2.91. The second-order valence-corrected chi connectivity index (χ2v) is 11.1. The van der Waals surface area contributed by atoms with Gasteiger partial charge in [0, 0.05) is 23.7 Å². The van der Waals surface area contributed by atoms with Crippen molar-refractivity contribution in [3.63, 3.8) is 0 Å². The minimum absolute atomic E-state index is 0.0526. The molecule has 0 aliphatic carbocycles. The fourth-order valence-electron chi connectivity index (χ4n) is 6.91. The highest BCUT2D eigenvalue weighted by Crippen LogP contribution is 2.56. The van der Waals surface area contributed by atoms with Gasteiger partial charge < -0.3 is 0 Å². The summed E-state index contributed by atoms with van der Waals surface area (Å²) >= 11 is 0. The number of rotatable bonds is 3. The minimum atomic E-state index is -1.25. The first kappa shape index (κ1) is 24.3. The summed E-state index contributed by atoms with van der Waals surface area (Å²) in [6.45, 7) is 5.68. The normalized spacial score (nSPS) is 24.7. The molecular formula is C30H25N5O5. The Labute approximate surface area is 228 Å². The number of nitrogens with one attached hydrogen (secondary N) is 1. The van der Waals surface area contributed by atoms with E-state index in [1.807, 2.05) is 38.1 Å². The van der Waals surface area contributed by atoms with Crippen molar-refractivity contribution < 1.29 is 14.5 Å². The lowest BCUT2D eigenvalue weighted by Gasteiger charge is -2.32. The van der Waals surface area contributed by atoms with Gasteiger partial charge in [-0.25, -0.2) is 9.88 Å². The zero-order valence-electron chi connectivity index (χ0n) is 22.0. The van der Waals surface area contributed by atoms with Gasteiger partial charge in [-0.3, -0.25) is 34.4 Å². The largest absolute Gasteiger partial charge is 0.296 e. The number of fused-ring (bicyclic) bond motifs is 8. The number of imide groups is 1. The number of nitrogens with zero attached hydrogens (tertiary/aromatic N) is 4. The van der Waals surface area contributed by atoms with Gasteiger partial charge in [0.25, 0.3) is 11.2 Å². The minimum Gasteiger partial charge on any atom is -0.296 e. The highest BCUT2D eigenvalue weighted by Gasteiger charge is 2.70. The third-order valence-corrected chi connectivity index (χ3v) is 8.66. The van der Waals surface area contributed by atoms with E-state index in [2.05, 4.69) is 5.32 Å². The first-order valence-corrected chi connectivity index (χ1v) is 13.2. The summed E-state index contributed by atoms with van der Waals surface area (Å²) in [5, 5.41) is 15.7. The second kappa shape index (κ2) is 8.15. The average molecular weight is 536 g/mol. The molecule has 2 amide bonds. The molecule has 1 N–H and O–H groups in total. The van der Waals surface area contributed by atoms with Gasteiger partial charge in [0.05, 0.1) is 39.0 Å². The van der Waals surface area contributed by atoms with Crippen LogP contribution in [-0.2, 0) is 15.1 Å². The predicted octanol–water partition coefficient (Wildman–Crippen LogP) is 3.59. The van der Waals surface area contributed by atoms with Crippen LogP contribution in [0, 0.1) is 34.8 Å². The predicted molar refractivity (Wildman–Crippen MR) is 147 cm³/mol. The Hall–Kier alpha value is -4.70. The molecule has 3 aromatic carbocycles. The zero-order valence-corrected chi connectivity index (χ0v) is 22.0. The molecule has 4 aromatic rings. The van der Waals surface area contributed by atoms with Crippen molar-refractivity contribution in [1.82, 2.24) is 14.9 Å². The molecule has 0 saturated carbocycles. The van der Waals surface area contributed by atoms with Crippen LogP contribution in [-0.4, -0.2) is 32.3 Å². The number of hydrogen-bond acceptors (Lipinski definition) is 7. The standard InChI is InChI=1S/C30H25N5O5/c1-15(2)25-23-24(28(38)33(27(23)37)22-14-17(35(39)40)13-12-16(22)3)30(32-25)19-9-5-7-11-21(19)34-26(36)18-8-4-6-10-20(18)31-29(30)34/h4-15,23-25,32H,1-3H3/t23-,24-,25+,30+/m1/s1. The molecule has 10 nitrogen and oxygen atoms in total. The van der Waals surface area contributed by atoms with Crippen molar-refractivity contribution in [3.05, 3.63) is 104 Å². The molecule has 1 aromatic heterocycles. The quantitative estimate of drug-likeness (QED) is 0.241. The van der Waals surface area contributed by atoms with Crippen molar-refractivity contribution >= 4 is 34.1 Å². The smallest absolute Gasteiger partial charge is 0.271 e. The zero-order chi connectivity index (χ0) is 28.1. The Morgan fingerprint density at radius 3 is 2.45 bits per heavy atom. The van der Waals surface area contributed by atoms with E-state index in [1.165, 1.54) is 12.1 Å². The van der Waals surface area contributed by atoms with Gasteiger partial charge in [-0.05, 0) is 36.6 Å². The van der Waals surface area contributed by atoms with Crippen molar-refractivity contribution in [2.45, 2.75) is 32.4 Å². The van der Waals surface area contributed by atoms with Crippen molar-refractivity contribution in [2.24, 2.45) is 17.8 Å². The Morgan fingerprint density at radius 1 is 0.975 bits per heavy atom. The Morgan fingerprint density at radius 2 is 1.70 bits per heavy atom. The van der Waals surface area contributed by atoms with Crippen LogP contribution in [0.1, 0.15) is 30.8 Å². The molecule has 200 valence electrons. The van der Waals surface area contributed by atoms with Crippen molar-refractivity contribution in [3.8, 4) is 5.69 Å². The molecular weight excluding hydrogens is 510 g/mol. The first-order chi connectivity index (χ1) is 19.2. The molecule has 40 heavy (non-hydrogen) atoms. The van der Waals surface area contributed by atoms with Crippen LogP contribution in [0.15, 0.2) is 71.5 Å². The van der Waals surface area contributed by atoms with Gasteiger partial charge in [-0.15, -0.1) is 0 Å². The molecule has 1 spiro atoms. The maximum Gasteiger partial charge on any atom is 0.271 e. The van der Waals surface area contributed by atoms with Gasteiger partial charge in [0.15, 0.2) is 0 Å². The fraction of sp³-hybridized carbons (Fsp3) is 0.267. The summed E-state index contributed by atoms with van der Waals surface area (Å²) in [7, 11) is 0. The number of anilines is 1. The summed E-state index contributed by atoms with van der Waals surface area (Å²) in [6.07, 6.45) is 0. The first-order valence-electron chi connectivity index (χ1n) is 13.2. The Bertz CT molecular complexity index is 1860. The SMILES string of the molecule is Cc1ccc([N+](=O)[O-])cc1N1C(=O)[C@H]2[C@H](C(C)C)N[C@@]3(c4ccccc4-n4c3nc3ccccc3c4=O)[C@H]2C1=O. The van der Waals surface area contributed by atoms with Crippen LogP contribution < -0.4 is 15.8 Å². The van der Waals surface area contributed by atoms with E-state index < -0.39 is 40.2 Å². The van der Waals surface area contributed by atoms with Crippen LogP contribution >= 0.6 is 0 Å². The van der Waals surface area contributed by atoms with Crippen LogP contribution in [0.4, 0.5) is 11.4 Å². The van der Waals surface area contributed by atoms with E-state index in [4.69, 9.17) is 4.98 Å². The number of amides is 2. The number of non-ortho nitro benzene ring substituents is 1. The Balaban J connectivity index is 1.52. The number of carbonyl (C=O) groups excluding carboxylic acids is 2. The molecule has 3 aliphatic rings. The number of aryl methyl sites for hydroxylation is 1. The summed E-state index contributed by atoms with van der Waals surface area (Å²) < 4.78 is 1.56. The molecule has 10 heteroatoms. The fourth-order valence-corrected chi connectivity index (χ4v) is 6.91. The molecule has 0 unspecified atom stereocenters. The van der Waals surface area contributed by atoms with E-state index in [0.29, 0.717) is 33.5 Å². The lowest BCUT2D eigenvalue weighted by Crippen LogP contribution is -2.51. The van der Waals surface area contributed by atoms with E-state index in [9.17, 15) is 24.5 Å². The van der Waals surface area contributed by atoms with Gasteiger partial charge in [-0.2, -0.15) is 0 Å². The number of aromatic nitrogens is 2. The van der Waals surface area contributed by atoms with E-state index >= 15 is 0 Å². The maximum absolute atomic E-state index is 14.5. The summed E-state index contributed by atoms with van der Waals surface area (Å²) in [5.74, 6) is -2.26. The van der Waals surface area contributed by atoms with Crippen molar-refractivity contribution in [2.75, 3.05) is 4.90 Å². The molecule has 0 radical (unpaired) electrons.